The summed E-state index contributed by atoms with van der Waals surface area (Å²) in [6.07, 6.45) is 2.44. The molecule has 86 valence electrons. The Morgan fingerprint density at radius 2 is 1.86 bits per heavy atom. The molecule has 0 saturated heterocycles. The van der Waals surface area contributed by atoms with Crippen molar-refractivity contribution in [3.63, 3.8) is 0 Å². The van der Waals surface area contributed by atoms with Crippen LogP contribution in [0.1, 0.15) is 33.6 Å². The van der Waals surface area contributed by atoms with Crippen LogP contribution in [0.5, 0.6) is 0 Å². The maximum atomic E-state index is 5.37. The summed E-state index contributed by atoms with van der Waals surface area (Å²) in [5, 5.41) is 0. The first-order valence-corrected chi connectivity index (χ1v) is 5.59. The lowest BCUT2D eigenvalue weighted by Crippen LogP contribution is -2.38. The van der Waals surface area contributed by atoms with Gasteiger partial charge < -0.3 is 9.64 Å². The molecular weight excluding hydrogens is 174 g/mol. The molecule has 0 aliphatic heterocycles. The molecule has 0 rings (SSSR count). The second-order valence-corrected chi connectivity index (χ2v) is 5.12. The molecule has 14 heavy (non-hydrogen) atoms. The van der Waals surface area contributed by atoms with Crippen LogP contribution in [0, 0.1) is 11.3 Å². The standard InChI is InChI=1S/C12H27NO/c1-7-12(10-14-6,8-11(2)3)9-13(4)5/h11H,7-10H2,1-6H3. The Balaban J connectivity index is 4.42. The topological polar surface area (TPSA) is 12.5 Å². The highest BCUT2D eigenvalue weighted by molar-refractivity contribution is 4.81. The summed E-state index contributed by atoms with van der Waals surface area (Å²) in [7, 11) is 6.08. The second kappa shape index (κ2) is 6.41. The lowest BCUT2D eigenvalue weighted by Gasteiger charge is -2.36. The molecule has 0 aromatic heterocycles. The number of hydrogen-bond donors (Lipinski definition) is 0. The maximum absolute atomic E-state index is 5.37. The van der Waals surface area contributed by atoms with Crippen molar-refractivity contribution < 1.29 is 4.74 Å². The molecule has 0 aromatic carbocycles. The van der Waals surface area contributed by atoms with Gasteiger partial charge >= 0.3 is 0 Å². The lowest BCUT2D eigenvalue weighted by atomic mass is 9.78. The molecule has 2 heteroatoms. The Hall–Kier alpha value is -0.0800. The quantitative estimate of drug-likeness (QED) is 0.628. The summed E-state index contributed by atoms with van der Waals surface area (Å²) in [5.41, 5.74) is 0.340. The second-order valence-electron chi connectivity index (χ2n) is 5.12. The van der Waals surface area contributed by atoms with Gasteiger partial charge in [-0.2, -0.15) is 0 Å². The Morgan fingerprint density at radius 1 is 1.29 bits per heavy atom. The first-order valence-electron chi connectivity index (χ1n) is 5.59. The van der Waals surface area contributed by atoms with Gasteiger partial charge in [-0.15, -0.1) is 0 Å². The summed E-state index contributed by atoms with van der Waals surface area (Å²) in [5.74, 6) is 0.741. The molecule has 0 amide bonds. The summed E-state index contributed by atoms with van der Waals surface area (Å²) < 4.78 is 5.37. The number of nitrogens with zero attached hydrogens (tertiary/aromatic N) is 1. The Labute approximate surface area is 89.6 Å². The summed E-state index contributed by atoms with van der Waals surface area (Å²) >= 11 is 0. The van der Waals surface area contributed by atoms with E-state index in [1.54, 1.807) is 7.11 Å². The average molecular weight is 201 g/mol. The van der Waals surface area contributed by atoms with Gasteiger partial charge in [0.05, 0.1) is 6.61 Å². The van der Waals surface area contributed by atoms with E-state index in [0.717, 1.165) is 19.1 Å². The van der Waals surface area contributed by atoms with E-state index >= 15 is 0 Å². The predicted octanol–water partition coefficient (Wildman–Crippen LogP) is 2.64. The first kappa shape index (κ1) is 13.9. The van der Waals surface area contributed by atoms with Crippen LogP contribution < -0.4 is 0 Å². The van der Waals surface area contributed by atoms with Crippen molar-refractivity contribution in [3.8, 4) is 0 Å². The van der Waals surface area contributed by atoms with Crippen LogP contribution in [0.2, 0.25) is 0 Å². The van der Waals surface area contributed by atoms with Gasteiger partial charge in [-0.25, -0.2) is 0 Å². The molecule has 0 bridgehead atoms. The van der Waals surface area contributed by atoms with E-state index in [1.165, 1.54) is 12.8 Å². The third-order valence-corrected chi connectivity index (χ3v) is 2.69. The molecule has 0 aromatic rings. The number of ether oxygens (including phenoxy) is 1. The van der Waals surface area contributed by atoms with Crippen molar-refractivity contribution in [2.24, 2.45) is 11.3 Å². The van der Waals surface area contributed by atoms with E-state index in [1.807, 2.05) is 0 Å². The molecule has 0 N–H and O–H groups in total. The Morgan fingerprint density at radius 3 is 2.14 bits per heavy atom. The Kier molecular flexibility index (Phi) is 6.38. The third-order valence-electron chi connectivity index (χ3n) is 2.69. The van der Waals surface area contributed by atoms with E-state index in [4.69, 9.17) is 4.74 Å². The maximum Gasteiger partial charge on any atom is 0.0530 e. The van der Waals surface area contributed by atoms with Crippen molar-refractivity contribution >= 4 is 0 Å². The van der Waals surface area contributed by atoms with Crippen LogP contribution in [0.25, 0.3) is 0 Å². The molecule has 0 radical (unpaired) electrons. The smallest absolute Gasteiger partial charge is 0.0530 e. The Bertz CT molecular complexity index is 133. The van der Waals surface area contributed by atoms with Crippen molar-refractivity contribution in [1.29, 1.82) is 0 Å². The summed E-state index contributed by atoms with van der Waals surface area (Å²) in [6, 6.07) is 0. The highest BCUT2D eigenvalue weighted by atomic mass is 16.5. The van der Waals surface area contributed by atoms with E-state index in [2.05, 4.69) is 39.8 Å². The molecule has 0 fully saturated rings. The minimum absolute atomic E-state index is 0.340. The molecule has 0 aliphatic rings. The average Bonchev–Trinajstić information content (AvgIpc) is 2.02. The van der Waals surface area contributed by atoms with Crippen molar-refractivity contribution in [3.05, 3.63) is 0 Å². The molecular formula is C12H27NO. The van der Waals surface area contributed by atoms with E-state index < -0.39 is 0 Å². The molecule has 2 nitrogen and oxygen atoms in total. The molecule has 0 heterocycles. The van der Waals surface area contributed by atoms with Gasteiger partial charge in [0, 0.05) is 19.1 Å². The van der Waals surface area contributed by atoms with E-state index in [-0.39, 0.29) is 0 Å². The SMILES string of the molecule is CCC(COC)(CC(C)C)CN(C)C. The van der Waals surface area contributed by atoms with Gasteiger partial charge in [0.15, 0.2) is 0 Å². The lowest BCUT2D eigenvalue weighted by molar-refractivity contribution is 0.0381. The van der Waals surface area contributed by atoms with Gasteiger partial charge in [0.1, 0.15) is 0 Å². The highest BCUT2D eigenvalue weighted by Crippen LogP contribution is 2.31. The van der Waals surface area contributed by atoms with Gasteiger partial charge in [-0.3, -0.25) is 0 Å². The zero-order valence-corrected chi connectivity index (χ0v) is 10.8. The van der Waals surface area contributed by atoms with Gasteiger partial charge in [-0.1, -0.05) is 20.8 Å². The van der Waals surface area contributed by atoms with Crippen LogP contribution in [-0.4, -0.2) is 39.3 Å². The van der Waals surface area contributed by atoms with Crippen LogP contribution in [-0.2, 0) is 4.74 Å². The minimum Gasteiger partial charge on any atom is -0.384 e. The fraction of sp³-hybridized carbons (Fsp3) is 1.00. The van der Waals surface area contributed by atoms with Gasteiger partial charge in [0.2, 0.25) is 0 Å². The minimum atomic E-state index is 0.340. The zero-order chi connectivity index (χ0) is 11.2. The molecule has 1 unspecified atom stereocenters. The predicted molar refractivity (Wildman–Crippen MR) is 62.6 cm³/mol. The molecule has 0 saturated carbocycles. The van der Waals surface area contributed by atoms with E-state index in [9.17, 15) is 0 Å². The zero-order valence-electron chi connectivity index (χ0n) is 10.8. The highest BCUT2D eigenvalue weighted by Gasteiger charge is 2.29. The monoisotopic (exact) mass is 201 g/mol. The normalized spacial score (nSPS) is 16.3. The van der Waals surface area contributed by atoms with Crippen LogP contribution in [0.3, 0.4) is 0 Å². The third kappa shape index (κ3) is 4.97. The van der Waals surface area contributed by atoms with Gasteiger partial charge in [0.25, 0.3) is 0 Å². The van der Waals surface area contributed by atoms with Gasteiger partial charge in [-0.05, 0) is 32.9 Å². The molecule has 0 aliphatic carbocycles. The van der Waals surface area contributed by atoms with Crippen molar-refractivity contribution in [2.75, 3.05) is 34.4 Å². The van der Waals surface area contributed by atoms with Crippen molar-refractivity contribution in [2.45, 2.75) is 33.6 Å². The molecule has 1 atom stereocenters. The number of hydrogen-bond acceptors (Lipinski definition) is 2. The van der Waals surface area contributed by atoms with Crippen LogP contribution in [0.4, 0.5) is 0 Å². The molecule has 0 spiro atoms. The first-order chi connectivity index (χ1) is 6.45. The van der Waals surface area contributed by atoms with Crippen molar-refractivity contribution in [1.82, 2.24) is 4.90 Å². The van der Waals surface area contributed by atoms with E-state index in [0.29, 0.717) is 5.41 Å². The fourth-order valence-corrected chi connectivity index (χ4v) is 2.37. The number of rotatable bonds is 7. The fourth-order valence-electron chi connectivity index (χ4n) is 2.37. The summed E-state index contributed by atoms with van der Waals surface area (Å²) in [4.78, 5) is 2.27. The van der Waals surface area contributed by atoms with Crippen LogP contribution >= 0.6 is 0 Å². The largest absolute Gasteiger partial charge is 0.384 e. The van der Waals surface area contributed by atoms with Crippen LogP contribution in [0.15, 0.2) is 0 Å². The number of methoxy groups -OCH3 is 1. The summed E-state index contributed by atoms with van der Waals surface area (Å²) in [6.45, 7) is 8.84.